The van der Waals surface area contributed by atoms with Crippen LogP contribution in [0.15, 0.2) is 42.5 Å². The van der Waals surface area contributed by atoms with Gasteiger partial charge in [0, 0.05) is 43.1 Å². The lowest BCUT2D eigenvalue weighted by atomic mass is 10.1. The molecular formula is C21H24N4O3. The van der Waals surface area contributed by atoms with Crippen LogP contribution >= 0.6 is 0 Å². The second-order valence-corrected chi connectivity index (χ2v) is 6.90. The molecule has 0 saturated carbocycles. The van der Waals surface area contributed by atoms with Gasteiger partial charge in [0.1, 0.15) is 0 Å². The largest absolute Gasteiger partial charge is 0.399 e. The van der Waals surface area contributed by atoms with Crippen LogP contribution in [0, 0.1) is 13.8 Å². The van der Waals surface area contributed by atoms with Gasteiger partial charge in [-0.15, -0.1) is 0 Å². The number of amides is 3. The molecule has 2 aromatic carbocycles. The van der Waals surface area contributed by atoms with Gasteiger partial charge in [-0.2, -0.15) is 0 Å². The summed E-state index contributed by atoms with van der Waals surface area (Å²) in [5.41, 5.74) is 9.95. The van der Waals surface area contributed by atoms with Crippen molar-refractivity contribution in [2.24, 2.45) is 0 Å². The van der Waals surface area contributed by atoms with E-state index in [2.05, 4.69) is 36.2 Å². The molecule has 1 aliphatic rings. The minimum Gasteiger partial charge on any atom is -0.399 e. The molecule has 3 amide bonds. The first-order valence-electron chi connectivity index (χ1n) is 9.18. The second-order valence-electron chi connectivity index (χ2n) is 6.90. The summed E-state index contributed by atoms with van der Waals surface area (Å²) in [6.07, 6.45) is 0. The topological polar surface area (TPSA) is 95.7 Å². The fraction of sp³-hybridized carbons (Fsp3) is 0.286. The zero-order valence-electron chi connectivity index (χ0n) is 16.1. The van der Waals surface area contributed by atoms with Gasteiger partial charge in [0.25, 0.3) is 5.91 Å². The Bertz CT molecular complexity index is 900. The van der Waals surface area contributed by atoms with Crippen molar-refractivity contribution < 1.29 is 14.4 Å². The average molecular weight is 380 g/mol. The average Bonchev–Trinajstić information content (AvgIpc) is 2.70. The van der Waals surface area contributed by atoms with Crippen LogP contribution in [0.25, 0.3) is 0 Å². The van der Waals surface area contributed by atoms with E-state index in [9.17, 15) is 14.4 Å². The van der Waals surface area contributed by atoms with Crippen molar-refractivity contribution >= 4 is 29.1 Å². The lowest BCUT2D eigenvalue weighted by Gasteiger charge is -2.36. The molecule has 0 unspecified atom stereocenters. The SMILES string of the molecule is Cc1cccc(N2CCN(C(=O)C(=O)NC(=O)c3ccc(N)cc3)CC2)c1C. The summed E-state index contributed by atoms with van der Waals surface area (Å²) in [6.45, 7) is 6.27. The molecule has 0 atom stereocenters. The zero-order chi connectivity index (χ0) is 20.3. The lowest BCUT2D eigenvalue weighted by molar-refractivity contribution is -0.145. The number of nitrogens with one attached hydrogen (secondary N) is 1. The van der Waals surface area contributed by atoms with E-state index in [1.165, 1.54) is 28.2 Å². The van der Waals surface area contributed by atoms with Gasteiger partial charge >= 0.3 is 11.8 Å². The number of benzene rings is 2. The molecule has 0 radical (unpaired) electrons. The first kappa shape index (κ1) is 19.4. The molecule has 146 valence electrons. The Morgan fingerprint density at radius 2 is 1.57 bits per heavy atom. The van der Waals surface area contributed by atoms with Gasteiger partial charge in [0.15, 0.2) is 0 Å². The number of rotatable bonds is 2. The smallest absolute Gasteiger partial charge is 0.316 e. The highest BCUT2D eigenvalue weighted by Crippen LogP contribution is 2.23. The maximum absolute atomic E-state index is 12.4. The van der Waals surface area contributed by atoms with E-state index in [-0.39, 0.29) is 5.56 Å². The molecule has 1 saturated heterocycles. The number of piperazine rings is 1. The monoisotopic (exact) mass is 380 g/mol. The molecular weight excluding hydrogens is 356 g/mol. The number of imide groups is 1. The number of nitrogen functional groups attached to an aromatic ring is 1. The Morgan fingerprint density at radius 3 is 2.21 bits per heavy atom. The predicted molar refractivity (Wildman–Crippen MR) is 108 cm³/mol. The van der Waals surface area contributed by atoms with Crippen molar-refractivity contribution in [3.63, 3.8) is 0 Å². The lowest BCUT2D eigenvalue weighted by Crippen LogP contribution is -2.53. The van der Waals surface area contributed by atoms with Gasteiger partial charge in [0.2, 0.25) is 0 Å². The number of aryl methyl sites for hydroxylation is 1. The number of hydrogen-bond acceptors (Lipinski definition) is 5. The fourth-order valence-corrected chi connectivity index (χ4v) is 3.24. The number of nitrogens with zero attached hydrogens (tertiary/aromatic N) is 2. The first-order chi connectivity index (χ1) is 13.4. The van der Waals surface area contributed by atoms with E-state index in [4.69, 9.17) is 5.73 Å². The summed E-state index contributed by atoms with van der Waals surface area (Å²) in [5, 5.41) is 2.15. The Labute approximate surface area is 164 Å². The van der Waals surface area contributed by atoms with Gasteiger partial charge in [-0.25, -0.2) is 0 Å². The minimum atomic E-state index is -0.915. The summed E-state index contributed by atoms with van der Waals surface area (Å²) >= 11 is 0. The minimum absolute atomic E-state index is 0.273. The molecule has 7 nitrogen and oxygen atoms in total. The molecule has 1 heterocycles. The summed E-state index contributed by atoms with van der Waals surface area (Å²) in [5.74, 6) is -2.22. The maximum atomic E-state index is 12.4. The van der Waals surface area contributed by atoms with E-state index in [1.807, 2.05) is 6.07 Å². The number of nitrogens with two attached hydrogens (primary N) is 1. The third-order valence-corrected chi connectivity index (χ3v) is 5.08. The number of anilines is 2. The zero-order valence-corrected chi connectivity index (χ0v) is 16.1. The molecule has 3 rings (SSSR count). The van der Waals surface area contributed by atoms with Gasteiger partial charge in [-0.3, -0.25) is 19.7 Å². The predicted octanol–water partition coefficient (Wildman–Crippen LogP) is 1.49. The number of hydrogen-bond donors (Lipinski definition) is 2. The molecule has 1 aliphatic heterocycles. The van der Waals surface area contributed by atoms with Gasteiger partial charge in [-0.1, -0.05) is 12.1 Å². The molecule has 28 heavy (non-hydrogen) atoms. The molecule has 1 fully saturated rings. The summed E-state index contributed by atoms with van der Waals surface area (Å²) in [4.78, 5) is 40.4. The van der Waals surface area contributed by atoms with E-state index in [0.29, 0.717) is 31.9 Å². The number of carbonyl (C=O) groups excluding carboxylic acids is 3. The van der Waals surface area contributed by atoms with Crippen LogP contribution in [0.5, 0.6) is 0 Å². The third kappa shape index (κ3) is 4.14. The molecule has 0 spiro atoms. The highest BCUT2D eigenvalue weighted by atomic mass is 16.2. The van der Waals surface area contributed by atoms with Crippen LogP contribution in [0.1, 0.15) is 21.5 Å². The van der Waals surface area contributed by atoms with Crippen molar-refractivity contribution in [2.75, 3.05) is 36.8 Å². The highest BCUT2D eigenvalue weighted by molar-refractivity contribution is 6.38. The molecule has 0 bridgehead atoms. The molecule has 3 N–H and O–H groups in total. The second kappa shape index (κ2) is 8.12. The normalized spacial score (nSPS) is 13.9. The van der Waals surface area contributed by atoms with Crippen LogP contribution in [0.4, 0.5) is 11.4 Å². The quantitative estimate of drug-likeness (QED) is 0.608. The first-order valence-corrected chi connectivity index (χ1v) is 9.18. The van der Waals surface area contributed by atoms with E-state index in [0.717, 1.165) is 5.69 Å². The van der Waals surface area contributed by atoms with Crippen LogP contribution < -0.4 is 16.0 Å². The van der Waals surface area contributed by atoms with Gasteiger partial charge < -0.3 is 15.5 Å². The third-order valence-electron chi connectivity index (χ3n) is 5.08. The van der Waals surface area contributed by atoms with E-state index >= 15 is 0 Å². The molecule has 2 aromatic rings. The number of carbonyl (C=O) groups is 3. The Balaban J connectivity index is 1.57. The Hall–Kier alpha value is -3.35. The van der Waals surface area contributed by atoms with Crippen LogP contribution in [0.3, 0.4) is 0 Å². The van der Waals surface area contributed by atoms with Crippen LogP contribution in [-0.4, -0.2) is 48.8 Å². The van der Waals surface area contributed by atoms with Gasteiger partial charge in [-0.05, 0) is 55.3 Å². The van der Waals surface area contributed by atoms with E-state index < -0.39 is 17.7 Å². The van der Waals surface area contributed by atoms with Crippen LogP contribution in [0.2, 0.25) is 0 Å². The van der Waals surface area contributed by atoms with Crippen LogP contribution in [-0.2, 0) is 9.59 Å². The van der Waals surface area contributed by atoms with Gasteiger partial charge in [0.05, 0.1) is 0 Å². The molecule has 7 heteroatoms. The summed E-state index contributed by atoms with van der Waals surface area (Å²) in [7, 11) is 0. The standard InChI is InChI=1S/C21H24N4O3/c1-14-4-3-5-18(15(14)2)24-10-12-25(13-11-24)21(28)20(27)23-19(26)16-6-8-17(22)9-7-16/h3-9H,10-13,22H2,1-2H3,(H,23,26,27). The van der Waals surface area contributed by atoms with Crippen molar-refractivity contribution in [2.45, 2.75) is 13.8 Å². The van der Waals surface area contributed by atoms with E-state index in [1.54, 1.807) is 12.1 Å². The molecule has 0 aromatic heterocycles. The Morgan fingerprint density at radius 1 is 0.929 bits per heavy atom. The van der Waals surface area contributed by atoms with Crippen molar-refractivity contribution in [1.82, 2.24) is 10.2 Å². The fourth-order valence-electron chi connectivity index (χ4n) is 3.24. The highest BCUT2D eigenvalue weighted by Gasteiger charge is 2.27. The molecule has 0 aliphatic carbocycles. The van der Waals surface area contributed by atoms with Crippen molar-refractivity contribution in [3.8, 4) is 0 Å². The maximum Gasteiger partial charge on any atom is 0.316 e. The van der Waals surface area contributed by atoms with Crippen molar-refractivity contribution in [1.29, 1.82) is 0 Å². The summed E-state index contributed by atoms with van der Waals surface area (Å²) < 4.78 is 0. The summed E-state index contributed by atoms with van der Waals surface area (Å²) in [6, 6.07) is 12.3. The van der Waals surface area contributed by atoms with Crippen molar-refractivity contribution in [3.05, 3.63) is 59.2 Å². The Kier molecular flexibility index (Phi) is 5.63.